The molecule has 0 unspecified atom stereocenters. The smallest absolute Gasteiger partial charge is 0.284 e. The number of carbonyl (C=O) groups is 1. The highest BCUT2D eigenvalue weighted by atomic mass is 32.2. The van der Waals surface area contributed by atoms with Crippen molar-refractivity contribution < 1.29 is 13.6 Å². The Morgan fingerprint density at radius 3 is 2.86 bits per heavy atom. The maximum absolute atomic E-state index is 12.2. The van der Waals surface area contributed by atoms with Crippen molar-refractivity contribution in [2.24, 2.45) is 0 Å². The number of thiazole rings is 1. The predicted octanol–water partition coefficient (Wildman–Crippen LogP) is 4.57. The fraction of sp³-hybridized carbons (Fsp3) is 0.158. The van der Waals surface area contributed by atoms with Crippen molar-refractivity contribution in [2.45, 2.75) is 24.3 Å². The molecule has 1 N–H and O–H groups in total. The Bertz CT molecular complexity index is 1060. The van der Waals surface area contributed by atoms with Gasteiger partial charge in [-0.25, -0.2) is 4.98 Å². The maximum atomic E-state index is 12.2. The summed E-state index contributed by atoms with van der Waals surface area (Å²) in [5.74, 6) is 1.38. The van der Waals surface area contributed by atoms with Gasteiger partial charge in [0.05, 0.1) is 18.4 Å². The minimum absolute atomic E-state index is 0.0857. The zero-order valence-electron chi connectivity index (χ0n) is 14.9. The standard InChI is InChI=1S/C19H16N4O3S2/c1-12-4-6-13(7-5-12)20-16(24)9-17-21-14(10-27-17)11-28-19-23-22-18(26-19)15-3-2-8-25-15/h2-8,10H,9,11H2,1H3,(H,20,24). The van der Waals surface area contributed by atoms with Crippen LogP contribution in [0.5, 0.6) is 0 Å². The topological polar surface area (TPSA) is 94.1 Å². The van der Waals surface area contributed by atoms with Crippen molar-refractivity contribution in [2.75, 3.05) is 5.32 Å². The number of nitrogens with one attached hydrogen (secondary N) is 1. The van der Waals surface area contributed by atoms with Crippen LogP contribution in [0.3, 0.4) is 0 Å². The molecule has 9 heteroatoms. The number of benzene rings is 1. The number of amides is 1. The van der Waals surface area contributed by atoms with Gasteiger partial charge in [0.2, 0.25) is 5.91 Å². The minimum atomic E-state index is -0.0857. The highest BCUT2D eigenvalue weighted by molar-refractivity contribution is 7.98. The van der Waals surface area contributed by atoms with Crippen LogP contribution in [-0.2, 0) is 17.0 Å². The van der Waals surface area contributed by atoms with E-state index in [1.807, 2.05) is 36.6 Å². The second kappa shape index (κ2) is 8.41. The largest absolute Gasteiger partial charge is 0.459 e. The van der Waals surface area contributed by atoms with Crippen LogP contribution in [0.1, 0.15) is 16.3 Å². The van der Waals surface area contributed by atoms with E-state index in [0.29, 0.717) is 22.6 Å². The lowest BCUT2D eigenvalue weighted by Gasteiger charge is -2.04. The van der Waals surface area contributed by atoms with Crippen molar-refractivity contribution in [1.82, 2.24) is 15.2 Å². The molecule has 1 amide bonds. The van der Waals surface area contributed by atoms with Gasteiger partial charge < -0.3 is 14.2 Å². The predicted molar refractivity (Wildman–Crippen MR) is 107 cm³/mol. The first-order valence-corrected chi connectivity index (χ1v) is 10.3. The van der Waals surface area contributed by atoms with E-state index in [-0.39, 0.29) is 12.3 Å². The van der Waals surface area contributed by atoms with Gasteiger partial charge in [-0.15, -0.1) is 21.5 Å². The Hall–Kier alpha value is -2.91. The first-order valence-electron chi connectivity index (χ1n) is 8.46. The van der Waals surface area contributed by atoms with Crippen LogP contribution in [0.2, 0.25) is 0 Å². The van der Waals surface area contributed by atoms with Crippen LogP contribution in [0.25, 0.3) is 11.7 Å². The monoisotopic (exact) mass is 412 g/mol. The summed E-state index contributed by atoms with van der Waals surface area (Å²) in [6.45, 7) is 2.01. The molecule has 4 rings (SSSR count). The van der Waals surface area contributed by atoms with Gasteiger partial charge in [0.15, 0.2) is 5.76 Å². The van der Waals surface area contributed by atoms with E-state index in [0.717, 1.165) is 22.0 Å². The number of hydrogen-bond acceptors (Lipinski definition) is 8. The van der Waals surface area contributed by atoms with Crippen LogP contribution < -0.4 is 5.32 Å². The van der Waals surface area contributed by atoms with E-state index in [9.17, 15) is 4.79 Å². The van der Waals surface area contributed by atoms with Crippen molar-refractivity contribution in [3.05, 3.63) is 64.3 Å². The molecule has 0 atom stereocenters. The normalized spacial score (nSPS) is 10.9. The highest BCUT2D eigenvalue weighted by Crippen LogP contribution is 2.26. The van der Waals surface area contributed by atoms with E-state index in [4.69, 9.17) is 8.83 Å². The molecular weight excluding hydrogens is 396 g/mol. The highest BCUT2D eigenvalue weighted by Gasteiger charge is 2.13. The van der Waals surface area contributed by atoms with Gasteiger partial charge in [-0.2, -0.15) is 0 Å². The third-order valence-corrected chi connectivity index (χ3v) is 5.48. The summed E-state index contributed by atoms with van der Waals surface area (Å²) < 4.78 is 10.8. The third-order valence-electron chi connectivity index (χ3n) is 3.73. The van der Waals surface area contributed by atoms with Crippen LogP contribution in [-0.4, -0.2) is 21.1 Å². The molecule has 28 heavy (non-hydrogen) atoms. The third kappa shape index (κ3) is 4.68. The molecule has 1 aromatic carbocycles. The van der Waals surface area contributed by atoms with Gasteiger partial charge in [-0.1, -0.05) is 29.5 Å². The van der Waals surface area contributed by atoms with Gasteiger partial charge in [0, 0.05) is 16.8 Å². The van der Waals surface area contributed by atoms with Gasteiger partial charge in [-0.05, 0) is 31.2 Å². The molecule has 3 heterocycles. The van der Waals surface area contributed by atoms with Crippen molar-refractivity contribution >= 4 is 34.7 Å². The zero-order chi connectivity index (χ0) is 19.3. The molecule has 0 spiro atoms. The SMILES string of the molecule is Cc1ccc(NC(=O)Cc2nc(CSc3nnc(-c4ccco4)o3)cs2)cc1. The van der Waals surface area contributed by atoms with E-state index >= 15 is 0 Å². The number of thioether (sulfide) groups is 1. The lowest BCUT2D eigenvalue weighted by atomic mass is 10.2. The summed E-state index contributed by atoms with van der Waals surface area (Å²) in [6.07, 6.45) is 1.80. The first kappa shape index (κ1) is 18.5. The van der Waals surface area contributed by atoms with Crippen LogP contribution >= 0.6 is 23.1 Å². The molecular formula is C19H16N4O3S2. The summed E-state index contributed by atoms with van der Waals surface area (Å²) in [4.78, 5) is 16.7. The molecule has 142 valence electrons. The zero-order valence-corrected chi connectivity index (χ0v) is 16.5. The van der Waals surface area contributed by atoms with E-state index in [1.54, 1.807) is 18.4 Å². The lowest BCUT2D eigenvalue weighted by molar-refractivity contribution is -0.115. The van der Waals surface area contributed by atoms with E-state index in [1.165, 1.54) is 23.1 Å². The Labute approximate surface area is 169 Å². The molecule has 0 aliphatic carbocycles. The van der Waals surface area contributed by atoms with E-state index in [2.05, 4.69) is 20.5 Å². The molecule has 0 bridgehead atoms. The fourth-order valence-electron chi connectivity index (χ4n) is 2.38. The fourth-order valence-corrected chi connectivity index (χ4v) is 3.93. The molecule has 0 aliphatic heterocycles. The minimum Gasteiger partial charge on any atom is -0.459 e. The van der Waals surface area contributed by atoms with Gasteiger partial charge in [0.1, 0.15) is 5.01 Å². The summed E-state index contributed by atoms with van der Waals surface area (Å²) in [5.41, 5.74) is 2.80. The van der Waals surface area contributed by atoms with Crippen LogP contribution in [0.15, 0.2) is 62.1 Å². The lowest BCUT2D eigenvalue weighted by Crippen LogP contribution is -2.14. The Balaban J connectivity index is 1.29. The number of furan rings is 1. The number of rotatable bonds is 7. The number of hydrogen-bond donors (Lipinski definition) is 1. The van der Waals surface area contributed by atoms with Crippen molar-refractivity contribution in [3.8, 4) is 11.7 Å². The molecule has 0 aliphatic rings. The average Bonchev–Trinajstić information content (AvgIpc) is 3.43. The van der Waals surface area contributed by atoms with Gasteiger partial charge in [0.25, 0.3) is 11.1 Å². The summed E-state index contributed by atoms with van der Waals surface area (Å²) in [6, 6.07) is 11.2. The molecule has 7 nitrogen and oxygen atoms in total. The number of nitrogens with zero attached hydrogens (tertiary/aromatic N) is 3. The Morgan fingerprint density at radius 2 is 2.07 bits per heavy atom. The molecule has 3 aromatic heterocycles. The molecule has 0 fully saturated rings. The quantitative estimate of drug-likeness (QED) is 0.444. The summed E-state index contributed by atoms with van der Waals surface area (Å²) >= 11 is 2.85. The van der Waals surface area contributed by atoms with Crippen molar-refractivity contribution in [3.63, 3.8) is 0 Å². The number of aryl methyl sites for hydroxylation is 1. The molecule has 0 saturated carbocycles. The number of aromatic nitrogens is 3. The summed E-state index contributed by atoms with van der Waals surface area (Å²) in [7, 11) is 0. The Morgan fingerprint density at radius 1 is 1.21 bits per heavy atom. The second-order valence-electron chi connectivity index (χ2n) is 5.96. The molecule has 0 saturated heterocycles. The molecule has 4 aromatic rings. The van der Waals surface area contributed by atoms with Crippen LogP contribution in [0, 0.1) is 6.92 Å². The van der Waals surface area contributed by atoms with Gasteiger partial charge >= 0.3 is 0 Å². The summed E-state index contributed by atoms with van der Waals surface area (Å²) in [5, 5.41) is 14.0. The van der Waals surface area contributed by atoms with E-state index < -0.39 is 0 Å². The molecule has 0 radical (unpaired) electrons. The van der Waals surface area contributed by atoms with Crippen LogP contribution in [0.4, 0.5) is 5.69 Å². The Kier molecular flexibility index (Phi) is 5.54. The van der Waals surface area contributed by atoms with Gasteiger partial charge in [-0.3, -0.25) is 4.79 Å². The average molecular weight is 412 g/mol. The van der Waals surface area contributed by atoms with Crippen molar-refractivity contribution in [1.29, 1.82) is 0 Å². The second-order valence-corrected chi connectivity index (χ2v) is 7.83. The number of carbonyl (C=O) groups excluding carboxylic acids is 1. The first-order chi connectivity index (χ1) is 13.7. The maximum Gasteiger partial charge on any atom is 0.284 e. The number of anilines is 1.